The Morgan fingerprint density at radius 1 is 1.21 bits per heavy atom. The molecular weight excluding hydrogens is 260 g/mol. The third kappa shape index (κ3) is 3.49. The molecule has 19 heavy (non-hydrogen) atoms. The lowest BCUT2D eigenvalue weighted by Gasteiger charge is -2.12. The highest BCUT2D eigenvalue weighted by molar-refractivity contribution is 6.32. The Labute approximate surface area is 118 Å². The third-order valence-electron chi connectivity index (χ3n) is 3.08. The van der Waals surface area contributed by atoms with Crippen LogP contribution >= 0.6 is 11.6 Å². The van der Waals surface area contributed by atoms with Gasteiger partial charge < -0.3 is 9.84 Å². The topological polar surface area (TPSA) is 29.5 Å². The Morgan fingerprint density at radius 3 is 2.58 bits per heavy atom. The number of aliphatic hydroxyl groups excluding tert-OH is 1. The molecular formula is C16H17ClO2. The van der Waals surface area contributed by atoms with Crippen molar-refractivity contribution in [1.29, 1.82) is 0 Å². The molecule has 0 spiro atoms. The SMILES string of the molecule is Cc1ccccc1COc1ccc(C(C)O)cc1Cl. The predicted molar refractivity (Wildman–Crippen MR) is 77.6 cm³/mol. The van der Waals surface area contributed by atoms with Crippen LogP contribution in [-0.4, -0.2) is 5.11 Å². The van der Waals surface area contributed by atoms with Gasteiger partial charge in [0.25, 0.3) is 0 Å². The van der Waals surface area contributed by atoms with Gasteiger partial charge in [-0.15, -0.1) is 0 Å². The van der Waals surface area contributed by atoms with E-state index in [2.05, 4.69) is 13.0 Å². The minimum absolute atomic E-state index is 0.487. The van der Waals surface area contributed by atoms with E-state index in [1.165, 1.54) is 5.56 Å². The second-order valence-electron chi connectivity index (χ2n) is 4.58. The number of halogens is 1. The number of aliphatic hydroxyl groups is 1. The van der Waals surface area contributed by atoms with Crippen LogP contribution in [0.15, 0.2) is 42.5 Å². The lowest BCUT2D eigenvalue weighted by atomic mass is 10.1. The molecule has 1 N–H and O–H groups in total. The van der Waals surface area contributed by atoms with E-state index in [0.29, 0.717) is 17.4 Å². The first-order valence-corrected chi connectivity index (χ1v) is 6.60. The Kier molecular flexibility index (Phi) is 4.46. The number of ether oxygens (including phenoxy) is 1. The van der Waals surface area contributed by atoms with Gasteiger partial charge in [-0.25, -0.2) is 0 Å². The summed E-state index contributed by atoms with van der Waals surface area (Å²) in [6.07, 6.45) is -0.525. The van der Waals surface area contributed by atoms with E-state index in [0.717, 1.165) is 11.1 Å². The van der Waals surface area contributed by atoms with Gasteiger partial charge in [-0.3, -0.25) is 0 Å². The fraction of sp³-hybridized carbons (Fsp3) is 0.250. The van der Waals surface area contributed by atoms with E-state index in [9.17, 15) is 5.11 Å². The largest absolute Gasteiger partial charge is 0.487 e. The van der Waals surface area contributed by atoms with E-state index in [1.54, 1.807) is 19.1 Å². The van der Waals surface area contributed by atoms with Gasteiger partial charge in [0, 0.05) is 0 Å². The van der Waals surface area contributed by atoms with Crippen LogP contribution in [0, 0.1) is 6.92 Å². The van der Waals surface area contributed by atoms with Crippen LogP contribution in [0.5, 0.6) is 5.75 Å². The van der Waals surface area contributed by atoms with Gasteiger partial charge >= 0.3 is 0 Å². The van der Waals surface area contributed by atoms with Gasteiger partial charge in [-0.05, 0) is 42.7 Å². The van der Waals surface area contributed by atoms with Crippen LogP contribution in [0.1, 0.15) is 29.7 Å². The van der Waals surface area contributed by atoms with E-state index in [4.69, 9.17) is 16.3 Å². The van der Waals surface area contributed by atoms with E-state index >= 15 is 0 Å². The molecule has 0 saturated heterocycles. The minimum atomic E-state index is -0.525. The van der Waals surface area contributed by atoms with Crippen molar-refractivity contribution in [3.63, 3.8) is 0 Å². The normalized spacial score (nSPS) is 12.2. The number of rotatable bonds is 4. The first-order chi connectivity index (χ1) is 9.08. The first kappa shape index (κ1) is 13.9. The maximum Gasteiger partial charge on any atom is 0.138 e. The summed E-state index contributed by atoms with van der Waals surface area (Å²) >= 11 is 6.14. The van der Waals surface area contributed by atoms with Crippen LogP contribution in [-0.2, 0) is 6.61 Å². The lowest BCUT2D eigenvalue weighted by Crippen LogP contribution is -1.99. The highest BCUT2D eigenvalue weighted by atomic mass is 35.5. The summed E-state index contributed by atoms with van der Waals surface area (Å²) < 4.78 is 5.72. The predicted octanol–water partition coefficient (Wildman–Crippen LogP) is 4.28. The van der Waals surface area contributed by atoms with E-state index in [-0.39, 0.29) is 0 Å². The second-order valence-corrected chi connectivity index (χ2v) is 4.99. The fourth-order valence-electron chi connectivity index (χ4n) is 1.82. The van der Waals surface area contributed by atoms with E-state index < -0.39 is 6.10 Å². The number of hydrogen-bond donors (Lipinski definition) is 1. The molecule has 0 aliphatic carbocycles. The zero-order valence-electron chi connectivity index (χ0n) is 11.1. The Bertz CT molecular complexity index is 564. The molecule has 1 atom stereocenters. The third-order valence-corrected chi connectivity index (χ3v) is 3.38. The maximum absolute atomic E-state index is 9.48. The molecule has 0 aliphatic rings. The fourth-order valence-corrected chi connectivity index (χ4v) is 2.07. The van der Waals surface area contributed by atoms with Crippen molar-refractivity contribution in [3.05, 3.63) is 64.2 Å². The molecule has 0 bridgehead atoms. The molecule has 0 aliphatic heterocycles. The van der Waals surface area contributed by atoms with Gasteiger partial charge in [-0.2, -0.15) is 0 Å². The standard InChI is InChI=1S/C16H17ClO2/c1-11-5-3-4-6-14(11)10-19-16-8-7-13(12(2)18)9-15(16)17/h3-9,12,18H,10H2,1-2H3. The lowest BCUT2D eigenvalue weighted by molar-refractivity contribution is 0.199. The maximum atomic E-state index is 9.48. The van der Waals surface area contributed by atoms with Crippen molar-refractivity contribution in [2.45, 2.75) is 26.6 Å². The number of hydrogen-bond acceptors (Lipinski definition) is 2. The van der Waals surface area contributed by atoms with Gasteiger partial charge in [0.05, 0.1) is 11.1 Å². The first-order valence-electron chi connectivity index (χ1n) is 6.22. The quantitative estimate of drug-likeness (QED) is 0.903. The molecule has 2 rings (SSSR count). The van der Waals surface area contributed by atoms with Crippen molar-refractivity contribution in [2.75, 3.05) is 0 Å². The zero-order valence-corrected chi connectivity index (χ0v) is 11.8. The van der Waals surface area contributed by atoms with E-state index in [1.807, 2.05) is 24.3 Å². The summed E-state index contributed by atoms with van der Waals surface area (Å²) in [5.74, 6) is 0.634. The summed E-state index contributed by atoms with van der Waals surface area (Å²) in [5, 5.41) is 10.0. The van der Waals surface area contributed by atoms with Crippen molar-refractivity contribution in [3.8, 4) is 5.75 Å². The summed E-state index contributed by atoms with van der Waals surface area (Å²) in [6, 6.07) is 13.4. The molecule has 0 radical (unpaired) electrons. The Balaban J connectivity index is 2.10. The van der Waals surface area contributed by atoms with Gasteiger partial charge in [-0.1, -0.05) is 41.9 Å². The second kappa shape index (κ2) is 6.09. The molecule has 1 unspecified atom stereocenters. The van der Waals surface area contributed by atoms with Crippen molar-refractivity contribution in [2.24, 2.45) is 0 Å². The Hall–Kier alpha value is -1.51. The molecule has 0 aromatic heterocycles. The van der Waals surface area contributed by atoms with Crippen molar-refractivity contribution >= 4 is 11.6 Å². The van der Waals surface area contributed by atoms with Gasteiger partial charge in [0.2, 0.25) is 0 Å². The molecule has 0 fully saturated rings. The van der Waals surface area contributed by atoms with Crippen LogP contribution in [0.25, 0.3) is 0 Å². The van der Waals surface area contributed by atoms with Gasteiger partial charge in [0.15, 0.2) is 0 Å². The summed E-state index contributed by atoms with van der Waals surface area (Å²) in [7, 11) is 0. The highest BCUT2D eigenvalue weighted by Crippen LogP contribution is 2.28. The molecule has 0 heterocycles. The van der Waals surface area contributed by atoms with Crippen LogP contribution in [0.4, 0.5) is 0 Å². The smallest absolute Gasteiger partial charge is 0.138 e. The molecule has 3 heteroatoms. The van der Waals surface area contributed by atoms with Gasteiger partial charge in [0.1, 0.15) is 12.4 Å². The highest BCUT2D eigenvalue weighted by Gasteiger charge is 2.07. The molecule has 2 nitrogen and oxygen atoms in total. The average molecular weight is 277 g/mol. The number of aryl methyl sites for hydroxylation is 1. The molecule has 100 valence electrons. The van der Waals surface area contributed by atoms with Crippen LogP contribution < -0.4 is 4.74 Å². The molecule has 2 aromatic rings. The summed E-state index contributed by atoms with van der Waals surface area (Å²) in [6.45, 7) is 4.25. The molecule has 0 saturated carbocycles. The zero-order chi connectivity index (χ0) is 13.8. The van der Waals surface area contributed by atoms with Crippen molar-refractivity contribution < 1.29 is 9.84 Å². The molecule has 2 aromatic carbocycles. The van der Waals surface area contributed by atoms with Crippen molar-refractivity contribution in [1.82, 2.24) is 0 Å². The Morgan fingerprint density at radius 2 is 1.95 bits per heavy atom. The molecule has 0 amide bonds. The summed E-state index contributed by atoms with van der Waals surface area (Å²) in [4.78, 5) is 0. The monoisotopic (exact) mass is 276 g/mol. The summed E-state index contributed by atoms with van der Waals surface area (Å²) in [5.41, 5.74) is 3.12. The minimum Gasteiger partial charge on any atom is -0.487 e. The number of benzene rings is 2. The van der Waals surface area contributed by atoms with Crippen LogP contribution in [0.2, 0.25) is 5.02 Å². The average Bonchev–Trinajstić information content (AvgIpc) is 2.39. The van der Waals surface area contributed by atoms with Crippen LogP contribution in [0.3, 0.4) is 0 Å².